The second-order valence-corrected chi connectivity index (χ2v) is 7.90. The molecule has 3 N–H and O–H groups in total. The lowest BCUT2D eigenvalue weighted by molar-refractivity contribution is 0.0994. The van der Waals surface area contributed by atoms with E-state index < -0.39 is 5.91 Å². The second-order valence-electron chi connectivity index (χ2n) is 7.90. The Kier molecular flexibility index (Phi) is 4.65. The van der Waals surface area contributed by atoms with Gasteiger partial charge in [-0.1, -0.05) is 19.1 Å². The molecule has 5 nitrogen and oxygen atoms in total. The first-order chi connectivity index (χ1) is 13.8. The number of nitrogens with one attached hydrogen (secondary N) is 1. The number of hydrogen-bond donors (Lipinski definition) is 2. The number of fused-ring (bicyclic) bond motifs is 1. The summed E-state index contributed by atoms with van der Waals surface area (Å²) >= 11 is 0. The summed E-state index contributed by atoms with van der Waals surface area (Å²) in [5.41, 5.74) is 7.53. The molecule has 1 aliphatic heterocycles. The van der Waals surface area contributed by atoms with Crippen molar-refractivity contribution in [2.75, 3.05) is 5.32 Å². The number of nitrogens with two attached hydrogens (primary N) is 1. The average molecular weight is 393 g/mol. The van der Waals surface area contributed by atoms with Crippen molar-refractivity contribution >= 4 is 17.4 Å². The predicted molar refractivity (Wildman–Crippen MR) is 112 cm³/mol. The fourth-order valence-corrected chi connectivity index (χ4v) is 4.30. The van der Waals surface area contributed by atoms with Gasteiger partial charge in [-0.05, 0) is 61.7 Å². The van der Waals surface area contributed by atoms with Crippen molar-refractivity contribution in [2.45, 2.75) is 32.3 Å². The zero-order valence-corrected chi connectivity index (χ0v) is 16.6. The summed E-state index contributed by atoms with van der Waals surface area (Å²) in [6.07, 6.45) is 3.81. The molecule has 1 saturated carbocycles. The van der Waals surface area contributed by atoms with E-state index in [-0.39, 0.29) is 29.2 Å². The van der Waals surface area contributed by atoms with E-state index in [2.05, 4.69) is 23.3 Å². The molecular formula is C23H24FN3O2. The smallest absolute Gasteiger partial charge is 0.252 e. The number of halogens is 1. The number of allylic oxidation sites excluding steroid dienone is 1. The number of benzene rings is 2. The molecule has 1 heterocycles. The van der Waals surface area contributed by atoms with Crippen LogP contribution in [0.2, 0.25) is 0 Å². The van der Waals surface area contributed by atoms with Crippen molar-refractivity contribution < 1.29 is 13.9 Å². The molecule has 2 aliphatic rings. The number of ether oxygens (including phenoxy) is 1. The van der Waals surface area contributed by atoms with Crippen LogP contribution < -0.4 is 15.8 Å². The highest BCUT2D eigenvalue weighted by molar-refractivity contribution is 6.03. The molecule has 1 aliphatic carbocycles. The van der Waals surface area contributed by atoms with E-state index in [1.807, 2.05) is 32.0 Å². The Bertz CT molecular complexity index is 1010. The van der Waals surface area contributed by atoms with Crippen molar-refractivity contribution in [3.05, 3.63) is 71.7 Å². The molecule has 0 radical (unpaired) electrons. The number of amides is 1. The molecule has 4 rings (SSSR count). The summed E-state index contributed by atoms with van der Waals surface area (Å²) in [7, 11) is 0. The molecule has 2 aromatic carbocycles. The molecule has 1 amide bonds. The van der Waals surface area contributed by atoms with Crippen LogP contribution in [0.25, 0.3) is 0 Å². The fourth-order valence-electron chi connectivity index (χ4n) is 4.30. The van der Waals surface area contributed by atoms with Gasteiger partial charge in [0.1, 0.15) is 17.4 Å². The Hall–Kier alpha value is -3.15. The molecule has 6 heteroatoms. The Balaban J connectivity index is 1.65. The van der Waals surface area contributed by atoms with E-state index in [0.717, 1.165) is 17.1 Å². The van der Waals surface area contributed by atoms with Crippen molar-refractivity contribution in [3.8, 4) is 5.75 Å². The molecule has 1 fully saturated rings. The van der Waals surface area contributed by atoms with Gasteiger partial charge >= 0.3 is 0 Å². The van der Waals surface area contributed by atoms with Gasteiger partial charge in [0.05, 0.1) is 11.7 Å². The third-order valence-corrected chi connectivity index (χ3v) is 5.74. The zero-order chi connectivity index (χ0) is 20.8. The van der Waals surface area contributed by atoms with Crippen LogP contribution in [0.15, 0.2) is 59.7 Å². The maximum absolute atomic E-state index is 13.2. The number of nitrogens with zero attached hydrogens (tertiary/aromatic N) is 1. The minimum atomic E-state index is -0.512. The monoisotopic (exact) mass is 393 g/mol. The number of amidine groups is 1. The molecule has 0 spiro atoms. The van der Waals surface area contributed by atoms with Gasteiger partial charge in [-0.25, -0.2) is 9.38 Å². The first kappa shape index (κ1) is 19.2. The molecule has 150 valence electrons. The number of carbonyl (C=O) groups excluding carboxylic acids is 1. The van der Waals surface area contributed by atoms with Crippen LogP contribution in [0.3, 0.4) is 0 Å². The number of carbonyl (C=O) groups is 1. The maximum atomic E-state index is 13.2. The minimum absolute atomic E-state index is 0.0575. The maximum Gasteiger partial charge on any atom is 0.252 e. The lowest BCUT2D eigenvalue weighted by Gasteiger charge is -2.21. The largest absolute Gasteiger partial charge is 0.490 e. The second kappa shape index (κ2) is 7.03. The third kappa shape index (κ3) is 3.28. The van der Waals surface area contributed by atoms with Gasteiger partial charge in [0, 0.05) is 23.2 Å². The summed E-state index contributed by atoms with van der Waals surface area (Å²) in [6, 6.07) is 11.9. The van der Waals surface area contributed by atoms with E-state index in [1.54, 1.807) is 18.3 Å². The van der Waals surface area contributed by atoms with Crippen LogP contribution in [0.4, 0.5) is 10.1 Å². The highest BCUT2D eigenvalue weighted by Crippen LogP contribution is 2.63. The Labute approximate surface area is 169 Å². The molecule has 0 saturated heterocycles. The van der Waals surface area contributed by atoms with Crippen LogP contribution in [-0.2, 0) is 5.41 Å². The van der Waals surface area contributed by atoms with E-state index in [1.165, 1.54) is 12.1 Å². The number of aliphatic imine (C=N–C) groups is 1. The van der Waals surface area contributed by atoms with Gasteiger partial charge in [0.2, 0.25) is 0 Å². The SMILES string of the molecule is CC(C)Oc1ccc(C23C=CN=C(Nc4ccc(F)cc4)C2C3C)cc1C(N)=O. The van der Waals surface area contributed by atoms with Gasteiger partial charge in [0.15, 0.2) is 0 Å². The highest BCUT2D eigenvalue weighted by atomic mass is 19.1. The summed E-state index contributed by atoms with van der Waals surface area (Å²) in [5.74, 6) is 0.950. The Morgan fingerprint density at radius 2 is 1.97 bits per heavy atom. The molecule has 0 bridgehead atoms. The van der Waals surface area contributed by atoms with Crippen molar-refractivity contribution in [3.63, 3.8) is 0 Å². The number of rotatable bonds is 5. The van der Waals surface area contributed by atoms with Gasteiger partial charge in [-0.3, -0.25) is 4.79 Å². The first-order valence-corrected chi connectivity index (χ1v) is 9.72. The van der Waals surface area contributed by atoms with E-state index in [0.29, 0.717) is 11.3 Å². The van der Waals surface area contributed by atoms with Crippen molar-refractivity contribution in [1.82, 2.24) is 0 Å². The quantitative estimate of drug-likeness (QED) is 0.797. The van der Waals surface area contributed by atoms with Crippen molar-refractivity contribution in [1.29, 1.82) is 0 Å². The lowest BCUT2D eigenvalue weighted by Crippen LogP contribution is -2.23. The van der Waals surface area contributed by atoms with Crippen LogP contribution in [-0.4, -0.2) is 17.8 Å². The first-order valence-electron chi connectivity index (χ1n) is 9.72. The predicted octanol–water partition coefficient (Wildman–Crippen LogP) is 4.25. The van der Waals surface area contributed by atoms with Crippen LogP contribution in [0, 0.1) is 17.7 Å². The topological polar surface area (TPSA) is 76.7 Å². The average Bonchev–Trinajstić information content (AvgIpc) is 3.30. The standard InChI is InChI=1S/C23H24FN3O2/c1-13(2)29-19-9-4-15(12-18(19)21(25)28)23-10-11-26-22(20(23)14(23)3)27-17-7-5-16(24)6-8-17/h4-14,20H,1-3H3,(H2,25,28)(H,26,27). The van der Waals surface area contributed by atoms with Gasteiger partial charge in [0.25, 0.3) is 5.91 Å². The highest BCUT2D eigenvalue weighted by Gasteiger charge is 2.64. The van der Waals surface area contributed by atoms with Crippen LogP contribution in [0.5, 0.6) is 5.75 Å². The van der Waals surface area contributed by atoms with Gasteiger partial charge in [-0.2, -0.15) is 0 Å². The fraction of sp³-hybridized carbons (Fsp3) is 0.304. The van der Waals surface area contributed by atoms with Gasteiger partial charge in [-0.15, -0.1) is 0 Å². The summed E-state index contributed by atoms with van der Waals surface area (Å²) in [4.78, 5) is 16.5. The molecule has 3 unspecified atom stereocenters. The summed E-state index contributed by atoms with van der Waals surface area (Å²) in [6.45, 7) is 5.97. The number of anilines is 1. The van der Waals surface area contributed by atoms with E-state index >= 15 is 0 Å². The minimum Gasteiger partial charge on any atom is -0.490 e. The summed E-state index contributed by atoms with van der Waals surface area (Å²) in [5, 5.41) is 3.32. The molecule has 2 aromatic rings. The molecule has 0 aromatic heterocycles. The number of hydrogen-bond acceptors (Lipinski definition) is 4. The van der Waals surface area contributed by atoms with Crippen molar-refractivity contribution in [2.24, 2.45) is 22.6 Å². The third-order valence-electron chi connectivity index (χ3n) is 5.74. The van der Waals surface area contributed by atoms with Crippen LogP contribution in [0.1, 0.15) is 36.7 Å². The van der Waals surface area contributed by atoms with E-state index in [4.69, 9.17) is 10.5 Å². The Morgan fingerprint density at radius 1 is 1.24 bits per heavy atom. The Morgan fingerprint density at radius 3 is 2.62 bits per heavy atom. The molecule has 3 atom stereocenters. The summed E-state index contributed by atoms with van der Waals surface area (Å²) < 4.78 is 18.9. The zero-order valence-electron chi connectivity index (χ0n) is 16.6. The lowest BCUT2D eigenvalue weighted by atomic mass is 9.89. The van der Waals surface area contributed by atoms with E-state index in [9.17, 15) is 9.18 Å². The van der Waals surface area contributed by atoms with Crippen LogP contribution >= 0.6 is 0 Å². The molecular weight excluding hydrogens is 369 g/mol. The number of primary amides is 1. The van der Waals surface area contributed by atoms with Gasteiger partial charge < -0.3 is 15.8 Å². The molecule has 29 heavy (non-hydrogen) atoms. The normalized spacial score (nSPS) is 24.7.